The highest BCUT2D eigenvalue weighted by Gasteiger charge is 2.53. The number of aromatic nitrogens is 1. The Morgan fingerprint density at radius 2 is 2.19 bits per heavy atom. The summed E-state index contributed by atoms with van der Waals surface area (Å²) in [6.45, 7) is -1.15. The summed E-state index contributed by atoms with van der Waals surface area (Å²) in [7, 11) is 0. The minimum absolute atomic E-state index is 0.0148. The summed E-state index contributed by atoms with van der Waals surface area (Å²) in [5.41, 5.74) is 0.524. The van der Waals surface area contributed by atoms with Crippen LogP contribution in [0, 0.1) is 11.8 Å². The van der Waals surface area contributed by atoms with Gasteiger partial charge >= 0.3 is 18.2 Å². The molecule has 0 aromatic carbocycles. The molecule has 2 aromatic heterocycles. The molecule has 2 N–H and O–H groups in total. The van der Waals surface area contributed by atoms with Crippen LogP contribution in [0.25, 0.3) is 10.8 Å². The second-order valence-electron chi connectivity index (χ2n) is 5.78. The van der Waals surface area contributed by atoms with Gasteiger partial charge in [-0.25, -0.2) is 9.78 Å². The SMILES string of the molecule is O=C(O)[C@@H]1CN(C(=O)NCc2csc(-c3ccco3)n2)C[C@H]1C(F)(F)F. The Morgan fingerprint density at radius 3 is 2.77 bits per heavy atom. The molecule has 1 saturated heterocycles. The number of carboxylic acids is 1. The van der Waals surface area contributed by atoms with Crippen molar-refractivity contribution in [3.05, 3.63) is 29.5 Å². The normalized spacial score (nSPS) is 20.3. The van der Waals surface area contributed by atoms with Crippen LogP contribution >= 0.6 is 11.3 Å². The molecule has 2 amide bonds. The van der Waals surface area contributed by atoms with E-state index in [0.717, 1.165) is 4.90 Å². The number of hydrogen-bond donors (Lipinski definition) is 2. The van der Waals surface area contributed by atoms with Crippen molar-refractivity contribution >= 4 is 23.3 Å². The number of carbonyl (C=O) groups is 2. The van der Waals surface area contributed by atoms with Crippen LogP contribution < -0.4 is 5.32 Å². The van der Waals surface area contributed by atoms with Gasteiger partial charge in [-0.1, -0.05) is 0 Å². The molecule has 7 nitrogen and oxygen atoms in total. The molecule has 0 saturated carbocycles. The Kier molecular flexibility index (Phi) is 4.90. The summed E-state index contributed by atoms with van der Waals surface area (Å²) in [6, 6.07) is 2.69. The first-order valence-corrected chi connectivity index (χ1v) is 8.44. The maximum Gasteiger partial charge on any atom is 0.394 e. The van der Waals surface area contributed by atoms with Gasteiger partial charge in [-0.3, -0.25) is 4.79 Å². The van der Waals surface area contributed by atoms with E-state index in [4.69, 9.17) is 9.52 Å². The lowest BCUT2D eigenvalue weighted by Crippen LogP contribution is -2.39. The number of hydrogen-bond acceptors (Lipinski definition) is 5. The Labute approximate surface area is 149 Å². The predicted octanol–water partition coefficient (Wildman–Crippen LogP) is 2.81. The topological polar surface area (TPSA) is 95.7 Å². The van der Waals surface area contributed by atoms with Crippen molar-refractivity contribution in [1.82, 2.24) is 15.2 Å². The molecule has 2 atom stereocenters. The average molecular weight is 389 g/mol. The van der Waals surface area contributed by atoms with Gasteiger partial charge in [0.1, 0.15) is 0 Å². The zero-order chi connectivity index (χ0) is 18.9. The van der Waals surface area contributed by atoms with Crippen LogP contribution in [0.4, 0.5) is 18.0 Å². The minimum atomic E-state index is -4.68. The molecule has 1 aliphatic rings. The Balaban J connectivity index is 1.59. The van der Waals surface area contributed by atoms with Gasteiger partial charge in [0.25, 0.3) is 0 Å². The van der Waals surface area contributed by atoms with Crippen molar-refractivity contribution in [1.29, 1.82) is 0 Å². The fourth-order valence-corrected chi connectivity index (χ4v) is 3.52. The molecule has 0 unspecified atom stereocenters. The quantitative estimate of drug-likeness (QED) is 0.838. The summed E-state index contributed by atoms with van der Waals surface area (Å²) in [4.78, 5) is 28.3. The summed E-state index contributed by atoms with van der Waals surface area (Å²) in [5.74, 6) is -4.73. The highest BCUT2D eigenvalue weighted by molar-refractivity contribution is 7.13. The molecule has 0 bridgehead atoms. The second-order valence-corrected chi connectivity index (χ2v) is 6.64. The van der Waals surface area contributed by atoms with Crippen LogP contribution in [0.1, 0.15) is 5.69 Å². The predicted molar refractivity (Wildman–Crippen MR) is 84.3 cm³/mol. The summed E-state index contributed by atoms with van der Waals surface area (Å²) in [5, 5.41) is 13.8. The molecule has 3 heterocycles. The highest BCUT2D eigenvalue weighted by atomic mass is 32.1. The zero-order valence-electron chi connectivity index (χ0n) is 13.2. The lowest BCUT2D eigenvalue weighted by molar-refractivity contribution is -0.187. The monoisotopic (exact) mass is 389 g/mol. The number of carboxylic acid groups (broad SMARTS) is 1. The van der Waals surface area contributed by atoms with Gasteiger partial charge in [0, 0.05) is 18.5 Å². The van der Waals surface area contributed by atoms with Gasteiger partial charge in [-0.2, -0.15) is 13.2 Å². The van der Waals surface area contributed by atoms with Gasteiger partial charge in [-0.05, 0) is 12.1 Å². The van der Waals surface area contributed by atoms with Gasteiger partial charge in [0.15, 0.2) is 10.8 Å². The molecule has 26 heavy (non-hydrogen) atoms. The van der Waals surface area contributed by atoms with Gasteiger partial charge in [0.2, 0.25) is 0 Å². The molecule has 0 aliphatic carbocycles. The molecule has 140 valence electrons. The number of furan rings is 1. The molecule has 1 fully saturated rings. The van der Waals surface area contributed by atoms with E-state index in [0.29, 0.717) is 16.5 Å². The van der Waals surface area contributed by atoms with E-state index in [1.54, 1.807) is 17.5 Å². The zero-order valence-corrected chi connectivity index (χ0v) is 14.0. The van der Waals surface area contributed by atoms with Gasteiger partial charge < -0.3 is 19.7 Å². The number of rotatable bonds is 4. The van der Waals surface area contributed by atoms with E-state index in [1.807, 2.05) is 0 Å². The third kappa shape index (κ3) is 3.82. The molecule has 3 rings (SSSR count). The number of likely N-dealkylation sites (tertiary alicyclic amines) is 1. The van der Waals surface area contributed by atoms with Crippen LogP contribution in [0.3, 0.4) is 0 Å². The number of nitrogens with one attached hydrogen (secondary N) is 1. The van der Waals surface area contributed by atoms with Crippen molar-refractivity contribution < 1.29 is 32.3 Å². The van der Waals surface area contributed by atoms with Crippen LogP contribution in [0.5, 0.6) is 0 Å². The number of alkyl halides is 3. The van der Waals surface area contributed by atoms with E-state index in [1.165, 1.54) is 17.6 Å². The maximum atomic E-state index is 13.0. The van der Waals surface area contributed by atoms with Crippen LogP contribution in [-0.4, -0.2) is 46.3 Å². The molecular formula is C15H14F3N3O4S. The Bertz CT molecular complexity index is 790. The second kappa shape index (κ2) is 6.98. The first-order valence-electron chi connectivity index (χ1n) is 7.56. The third-order valence-electron chi connectivity index (χ3n) is 4.05. The molecule has 0 radical (unpaired) electrons. The van der Waals surface area contributed by atoms with E-state index in [9.17, 15) is 22.8 Å². The standard InChI is InChI=1S/C15H14F3N3O4S/c16-15(17,18)10-6-21(5-9(10)13(22)23)14(24)19-4-8-7-26-12(20-8)11-2-1-3-25-11/h1-3,7,9-10H,4-6H2,(H,19,24)(H,22,23)/t9-,10-/m1/s1. The van der Waals surface area contributed by atoms with Crippen molar-refractivity contribution in [2.24, 2.45) is 11.8 Å². The molecule has 11 heteroatoms. The van der Waals surface area contributed by atoms with E-state index in [2.05, 4.69) is 10.3 Å². The highest BCUT2D eigenvalue weighted by Crippen LogP contribution is 2.37. The lowest BCUT2D eigenvalue weighted by atomic mass is 9.96. The van der Waals surface area contributed by atoms with E-state index in [-0.39, 0.29) is 6.54 Å². The Morgan fingerprint density at radius 1 is 1.42 bits per heavy atom. The van der Waals surface area contributed by atoms with Gasteiger partial charge in [-0.15, -0.1) is 11.3 Å². The third-order valence-corrected chi connectivity index (χ3v) is 4.95. The first-order chi connectivity index (χ1) is 12.3. The molecule has 2 aromatic rings. The number of urea groups is 1. The largest absolute Gasteiger partial charge is 0.481 e. The smallest absolute Gasteiger partial charge is 0.394 e. The summed E-state index contributed by atoms with van der Waals surface area (Å²) < 4.78 is 44.1. The summed E-state index contributed by atoms with van der Waals surface area (Å²) in [6.07, 6.45) is -3.17. The van der Waals surface area contributed by atoms with Crippen LogP contribution in [0.15, 0.2) is 28.2 Å². The van der Waals surface area contributed by atoms with Crippen LogP contribution in [0.2, 0.25) is 0 Å². The Hall–Kier alpha value is -2.56. The number of carbonyl (C=O) groups excluding carboxylic acids is 1. The van der Waals surface area contributed by atoms with Crippen molar-refractivity contribution in [2.45, 2.75) is 12.7 Å². The fraction of sp³-hybridized carbons (Fsp3) is 0.400. The number of halogens is 3. The number of amides is 2. The van der Waals surface area contributed by atoms with Crippen LogP contribution in [-0.2, 0) is 11.3 Å². The first kappa shape index (κ1) is 18.2. The molecule has 1 aliphatic heterocycles. The van der Waals surface area contributed by atoms with E-state index < -0.39 is 43.1 Å². The lowest BCUT2D eigenvalue weighted by Gasteiger charge is -2.18. The van der Waals surface area contributed by atoms with Crippen molar-refractivity contribution in [3.63, 3.8) is 0 Å². The average Bonchev–Trinajstić information content (AvgIpc) is 3.30. The number of aliphatic carboxylic acids is 1. The van der Waals surface area contributed by atoms with E-state index >= 15 is 0 Å². The fourth-order valence-electron chi connectivity index (χ4n) is 2.73. The summed E-state index contributed by atoms with van der Waals surface area (Å²) >= 11 is 1.30. The number of nitrogens with zero attached hydrogens (tertiary/aromatic N) is 2. The van der Waals surface area contributed by atoms with Crippen molar-refractivity contribution in [3.8, 4) is 10.8 Å². The molecular weight excluding hydrogens is 375 g/mol. The minimum Gasteiger partial charge on any atom is -0.481 e. The van der Waals surface area contributed by atoms with Gasteiger partial charge in [0.05, 0.1) is 30.3 Å². The maximum absolute atomic E-state index is 13.0. The molecule has 0 spiro atoms. The number of thiazole rings is 1. The van der Waals surface area contributed by atoms with Crippen molar-refractivity contribution in [2.75, 3.05) is 13.1 Å².